The van der Waals surface area contributed by atoms with Gasteiger partial charge in [0.1, 0.15) is 5.82 Å². The van der Waals surface area contributed by atoms with Gasteiger partial charge in [0.25, 0.3) is 5.56 Å². The lowest BCUT2D eigenvalue weighted by Gasteiger charge is -2.12. The van der Waals surface area contributed by atoms with Crippen molar-refractivity contribution in [2.75, 3.05) is 5.32 Å². The van der Waals surface area contributed by atoms with Gasteiger partial charge >= 0.3 is 12.1 Å². The predicted octanol–water partition coefficient (Wildman–Crippen LogP) is 4.15. The summed E-state index contributed by atoms with van der Waals surface area (Å²) >= 11 is 0. The number of aryl methyl sites for hydroxylation is 1. The van der Waals surface area contributed by atoms with Gasteiger partial charge in [-0.15, -0.1) is 0 Å². The number of nitrogens with one attached hydrogen (secondary N) is 1. The zero-order chi connectivity index (χ0) is 21.9. The summed E-state index contributed by atoms with van der Waals surface area (Å²) in [5.41, 5.74) is -0.887. The number of aliphatic carboxylic acids is 1. The Bertz CT molecular complexity index is 1130. The van der Waals surface area contributed by atoms with E-state index in [-0.39, 0.29) is 17.9 Å². The van der Waals surface area contributed by atoms with Crippen LogP contribution in [0.1, 0.15) is 17.5 Å². The Morgan fingerprint density at radius 1 is 1.13 bits per heavy atom. The van der Waals surface area contributed by atoms with Crippen LogP contribution in [0.5, 0.6) is 0 Å². The van der Waals surface area contributed by atoms with Gasteiger partial charge in [-0.3, -0.25) is 14.2 Å². The molecule has 3 rings (SSSR count). The van der Waals surface area contributed by atoms with Crippen molar-refractivity contribution in [1.82, 2.24) is 9.55 Å². The van der Waals surface area contributed by atoms with E-state index in [2.05, 4.69) is 10.3 Å². The van der Waals surface area contributed by atoms with E-state index in [1.54, 1.807) is 24.3 Å². The third-order valence-corrected chi connectivity index (χ3v) is 4.23. The summed E-state index contributed by atoms with van der Waals surface area (Å²) in [6.45, 7) is 0. The van der Waals surface area contributed by atoms with Crippen LogP contribution in [0.4, 0.5) is 29.1 Å². The number of aromatic nitrogens is 2. The van der Waals surface area contributed by atoms with Gasteiger partial charge in [-0.05, 0) is 42.3 Å². The van der Waals surface area contributed by atoms with Gasteiger partial charge < -0.3 is 10.4 Å². The highest BCUT2D eigenvalue weighted by atomic mass is 19.4. The van der Waals surface area contributed by atoms with Crippen LogP contribution in [0.2, 0.25) is 0 Å². The summed E-state index contributed by atoms with van der Waals surface area (Å²) in [4.78, 5) is 27.2. The van der Waals surface area contributed by atoms with Crippen molar-refractivity contribution in [3.63, 3.8) is 0 Å². The fourth-order valence-corrected chi connectivity index (χ4v) is 2.70. The van der Waals surface area contributed by atoms with E-state index in [0.29, 0.717) is 24.2 Å². The average molecular weight is 421 g/mol. The topological polar surface area (TPSA) is 84.2 Å². The van der Waals surface area contributed by atoms with Crippen LogP contribution in [-0.4, -0.2) is 20.6 Å². The maximum absolute atomic E-state index is 14.1. The molecule has 0 saturated heterocycles. The summed E-state index contributed by atoms with van der Waals surface area (Å²) < 4.78 is 53.3. The van der Waals surface area contributed by atoms with E-state index < -0.39 is 29.1 Å². The molecule has 30 heavy (non-hydrogen) atoms. The average Bonchev–Trinajstić information content (AvgIpc) is 2.69. The highest BCUT2D eigenvalue weighted by molar-refractivity contribution is 5.67. The Morgan fingerprint density at radius 3 is 2.43 bits per heavy atom. The van der Waals surface area contributed by atoms with Crippen LogP contribution >= 0.6 is 0 Å². The van der Waals surface area contributed by atoms with Gasteiger partial charge in [0.2, 0.25) is 0 Å². The normalized spacial score (nSPS) is 11.3. The van der Waals surface area contributed by atoms with E-state index in [1.807, 2.05) is 0 Å². The number of hydrogen-bond acceptors (Lipinski definition) is 4. The van der Waals surface area contributed by atoms with Gasteiger partial charge in [-0.1, -0.05) is 12.1 Å². The van der Waals surface area contributed by atoms with Gasteiger partial charge in [0, 0.05) is 24.5 Å². The third kappa shape index (κ3) is 4.83. The molecule has 1 aromatic heterocycles. The standard InChI is InChI=1S/C20H15F4N3O3/c21-15-11-13(20(22,23)24)4-7-16(15)26-18-19(30)27(10-9-25-18)14-5-1-12(2-6-14)3-8-17(28)29/h1-2,4-7,9-11H,3,8H2,(H,25,26)(H,28,29). The highest BCUT2D eigenvalue weighted by Crippen LogP contribution is 2.31. The Kier molecular flexibility index (Phi) is 5.86. The molecule has 6 nitrogen and oxygen atoms in total. The zero-order valence-electron chi connectivity index (χ0n) is 15.3. The number of carboxylic acids is 1. The molecule has 0 aliphatic rings. The fourth-order valence-electron chi connectivity index (χ4n) is 2.70. The number of rotatable bonds is 6. The van der Waals surface area contributed by atoms with Crippen LogP contribution in [0.3, 0.4) is 0 Å². The van der Waals surface area contributed by atoms with Gasteiger partial charge in [-0.2, -0.15) is 13.2 Å². The van der Waals surface area contributed by atoms with E-state index >= 15 is 0 Å². The highest BCUT2D eigenvalue weighted by Gasteiger charge is 2.31. The molecule has 0 fully saturated rings. The van der Waals surface area contributed by atoms with Crippen molar-refractivity contribution >= 4 is 17.5 Å². The maximum atomic E-state index is 14.1. The molecule has 0 atom stereocenters. The minimum absolute atomic E-state index is 0.0265. The summed E-state index contributed by atoms with van der Waals surface area (Å²) in [6.07, 6.45) is -1.72. The molecule has 0 aliphatic heterocycles. The molecular weight excluding hydrogens is 406 g/mol. The molecular formula is C20H15F4N3O3. The number of alkyl halides is 3. The molecule has 0 aliphatic carbocycles. The van der Waals surface area contributed by atoms with Crippen LogP contribution in [-0.2, 0) is 17.4 Å². The smallest absolute Gasteiger partial charge is 0.416 e. The van der Waals surface area contributed by atoms with Crippen molar-refractivity contribution in [1.29, 1.82) is 0 Å². The second-order valence-corrected chi connectivity index (χ2v) is 6.33. The van der Waals surface area contributed by atoms with Crippen LogP contribution < -0.4 is 10.9 Å². The van der Waals surface area contributed by atoms with Gasteiger partial charge in [0.05, 0.1) is 11.3 Å². The van der Waals surface area contributed by atoms with Crippen molar-refractivity contribution in [3.05, 3.63) is 82.2 Å². The Morgan fingerprint density at radius 2 is 1.83 bits per heavy atom. The molecule has 0 saturated carbocycles. The van der Waals surface area contributed by atoms with Crippen LogP contribution in [0, 0.1) is 5.82 Å². The minimum atomic E-state index is -4.69. The molecule has 2 aromatic carbocycles. The molecule has 2 N–H and O–H groups in total. The number of benzene rings is 2. The first kappa shape index (κ1) is 21.0. The number of hydrogen-bond donors (Lipinski definition) is 2. The van der Waals surface area contributed by atoms with Crippen LogP contribution in [0.15, 0.2) is 59.7 Å². The second-order valence-electron chi connectivity index (χ2n) is 6.33. The Balaban J connectivity index is 1.85. The second kappa shape index (κ2) is 8.36. The molecule has 0 unspecified atom stereocenters. The van der Waals surface area contributed by atoms with E-state index in [4.69, 9.17) is 5.11 Å². The summed E-state index contributed by atoms with van der Waals surface area (Å²) in [7, 11) is 0. The molecule has 1 heterocycles. The maximum Gasteiger partial charge on any atom is 0.416 e. The largest absolute Gasteiger partial charge is 0.481 e. The summed E-state index contributed by atoms with van der Waals surface area (Å²) in [6, 6.07) is 8.49. The van der Waals surface area contributed by atoms with Crippen molar-refractivity contribution in [3.8, 4) is 5.69 Å². The molecule has 0 radical (unpaired) electrons. The molecule has 0 bridgehead atoms. The third-order valence-electron chi connectivity index (χ3n) is 4.23. The van der Waals surface area contributed by atoms with Gasteiger partial charge in [-0.25, -0.2) is 9.37 Å². The molecule has 0 spiro atoms. The summed E-state index contributed by atoms with van der Waals surface area (Å²) in [5.74, 6) is -2.37. The SMILES string of the molecule is O=C(O)CCc1ccc(-n2ccnc(Nc3ccc(C(F)(F)F)cc3F)c2=O)cc1. The predicted molar refractivity (Wildman–Crippen MR) is 100 cm³/mol. The Hall–Kier alpha value is -3.69. The number of carbonyl (C=O) groups is 1. The first-order valence-electron chi connectivity index (χ1n) is 8.67. The zero-order valence-corrected chi connectivity index (χ0v) is 15.3. The van der Waals surface area contributed by atoms with Crippen molar-refractivity contribution in [2.45, 2.75) is 19.0 Å². The van der Waals surface area contributed by atoms with Crippen molar-refractivity contribution < 1.29 is 27.5 Å². The molecule has 0 amide bonds. The summed E-state index contributed by atoms with van der Waals surface area (Å²) in [5, 5.41) is 11.1. The number of carboxylic acid groups (broad SMARTS) is 1. The lowest BCUT2D eigenvalue weighted by Crippen LogP contribution is -2.22. The molecule has 10 heteroatoms. The number of anilines is 2. The van der Waals surface area contributed by atoms with Gasteiger partial charge in [0.15, 0.2) is 5.82 Å². The first-order valence-corrected chi connectivity index (χ1v) is 8.67. The van der Waals surface area contributed by atoms with E-state index in [1.165, 1.54) is 17.0 Å². The fraction of sp³-hybridized carbons (Fsp3) is 0.150. The van der Waals surface area contributed by atoms with Crippen LogP contribution in [0.25, 0.3) is 5.69 Å². The molecule has 156 valence electrons. The Labute approximate surface area is 167 Å². The van der Waals surface area contributed by atoms with E-state index in [0.717, 1.165) is 11.6 Å². The number of nitrogens with zero attached hydrogens (tertiary/aromatic N) is 2. The minimum Gasteiger partial charge on any atom is -0.481 e. The molecule has 3 aromatic rings. The first-order chi connectivity index (χ1) is 14.1. The quantitative estimate of drug-likeness (QED) is 0.584. The lowest BCUT2D eigenvalue weighted by atomic mass is 10.1. The lowest BCUT2D eigenvalue weighted by molar-refractivity contribution is -0.138. The number of halogens is 4. The van der Waals surface area contributed by atoms with E-state index in [9.17, 15) is 27.2 Å². The monoisotopic (exact) mass is 421 g/mol. The van der Waals surface area contributed by atoms with Crippen molar-refractivity contribution in [2.24, 2.45) is 0 Å².